The fourth-order valence-electron chi connectivity index (χ4n) is 2.04. The van der Waals surface area contributed by atoms with Crippen molar-refractivity contribution in [2.24, 2.45) is 0 Å². The Morgan fingerprint density at radius 3 is 2.32 bits per heavy atom. The van der Waals surface area contributed by atoms with Crippen molar-refractivity contribution in [2.75, 3.05) is 7.11 Å². The molecule has 1 aliphatic heterocycles. The molecule has 1 fully saturated rings. The van der Waals surface area contributed by atoms with E-state index in [0.29, 0.717) is 4.88 Å². The lowest BCUT2D eigenvalue weighted by atomic mass is 9.81. The van der Waals surface area contributed by atoms with Gasteiger partial charge < -0.3 is 14.0 Å². The van der Waals surface area contributed by atoms with E-state index < -0.39 is 18.3 Å². The summed E-state index contributed by atoms with van der Waals surface area (Å²) in [5.41, 5.74) is 0.0219. The molecular weight excluding hydrogens is 303 g/mol. The van der Waals surface area contributed by atoms with Crippen LogP contribution in [0.15, 0.2) is 11.4 Å². The standard InChI is InChI=1S/C15H21BO5S/c1-14(2)15(3,4)21-16(20-14)10-8-12(22-9-10)11(17)6-7-13(18)19-5/h8-9H,6-7H2,1-5H3. The lowest BCUT2D eigenvalue weighted by Gasteiger charge is -2.32. The predicted molar refractivity (Wildman–Crippen MR) is 85.6 cm³/mol. The van der Waals surface area contributed by atoms with Crippen LogP contribution in [0.3, 0.4) is 0 Å². The highest BCUT2D eigenvalue weighted by Gasteiger charge is 2.51. The minimum Gasteiger partial charge on any atom is -0.469 e. The molecule has 1 saturated heterocycles. The SMILES string of the molecule is COC(=O)CCC(=O)c1cc(B2OC(C)(C)C(C)(C)O2)cs1. The summed E-state index contributed by atoms with van der Waals surface area (Å²) in [7, 11) is 0.845. The lowest BCUT2D eigenvalue weighted by Crippen LogP contribution is -2.41. The van der Waals surface area contributed by atoms with E-state index in [1.54, 1.807) is 6.07 Å². The smallest absolute Gasteiger partial charge is 0.469 e. The highest BCUT2D eigenvalue weighted by molar-refractivity contribution is 7.13. The van der Waals surface area contributed by atoms with Gasteiger partial charge in [-0.25, -0.2) is 0 Å². The number of rotatable bonds is 5. The molecule has 1 aromatic heterocycles. The number of carbonyl (C=O) groups excluding carboxylic acids is 2. The normalized spacial score (nSPS) is 19.2. The van der Waals surface area contributed by atoms with Gasteiger partial charge in [-0.1, -0.05) is 0 Å². The summed E-state index contributed by atoms with van der Waals surface area (Å²) < 4.78 is 16.5. The van der Waals surface area contributed by atoms with Crippen LogP contribution < -0.4 is 5.46 Å². The number of carbonyl (C=O) groups is 2. The second-order valence-corrected chi connectivity index (χ2v) is 7.24. The summed E-state index contributed by atoms with van der Waals surface area (Å²) in [4.78, 5) is 23.8. The molecule has 0 aliphatic carbocycles. The molecule has 5 nitrogen and oxygen atoms in total. The average molecular weight is 324 g/mol. The van der Waals surface area contributed by atoms with Crippen LogP contribution in [0.25, 0.3) is 0 Å². The highest BCUT2D eigenvalue weighted by atomic mass is 32.1. The Balaban J connectivity index is 2.03. The second-order valence-electron chi connectivity index (χ2n) is 6.33. The molecule has 1 aliphatic rings. The zero-order chi connectivity index (χ0) is 16.5. The first-order valence-electron chi connectivity index (χ1n) is 7.20. The maximum absolute atomic E-state index is 12.1. The van der Waals surface area contributed by atoms with Gasteiger partial charge in [-0.2, -0.15) is 0 Å². The number of thiophene rings is 1. The molecule has 2 heterocycles. The van der Waals surface area contributed by atoms with Gasteiger partial charge in [0.15, 0.2) is 5.78 Å². The van der Waals surface area contributed by atoms with Gasteiger partial charge in [0.05, 0.1) is 29.6 Å². The van der Waals surface area contributed by atoms with Crippen LogP contribution in [0.4, 0.5) is 0 Å². The van der Waals surface area contributed by atoms with E-state index in [-0.39, 0.29) is 24.6 Å². The van der Waals surface area contributed by atoms with Crippen LogP contribution in [0, 0.1) is 0 Å². The number of esters is 1. The van der Waals surface area contributed by atoms with Crippen LogP contribution in [0.1, 0.15) is 50.2 Å². The van der Waals surface area contributed by atoms with Crippen LogP contribution in [-0.4, -0.2) is 37.2 Å². The van der Waals surface area contributed by atoms with Gasteiger partial charge in [0.25, 0.3) is 0 Å². The quantitative estimate of drug-likeness (QED) is 0.472. The maximum atomic E-state index is 12.1. The molecule has 22 heavy (non-hydrogen) atoms. The van der Waals surface area contributed by atoms with Crippen LogP contribution >= 0.6 is 11.3 Å². The Labute approximate surface area is 135 Å². The van der Waals surface area contributed by atoms with Gasteiger partial charge in [0.1, 0.15) is 0 Å². The van der Waals surface area contributed by atoms with E-state index in [4.69, 9.17) is 9.31 Å². The zero-order valence-corrected chi connectivity index (χ0v) is 14.4. The first kappa shape index (κ1) is 17.2. The van der Waals surface area contributed by atoms with Gasteiger partial charge in [-0.3, -0.25) is 9.59 Å². The fraction of sp³-hybridized carbons (Fsp3) is 0.600. The summed E-state index contributed by atoms with van der Waals surface area (Å²) in [5, 5.41) is 1.87. The summed E-state index contributed by atoms with van der Waals surface area (Å²) in [5.74, 6) is -0.450. The number of hydrogen-bond donors (Lipinski definition) is 0. The monoisotopic (exact) mass is 324 g/mol. The molecule has 0 amide bonds. The number of hydrogen-bond acceptors (Lipinski definition) is 6. The third kappa shape index (κ3) is 3.42. The molecule has 0 unspecified atom stereocenters. The highest BCUT2D eigenvalue weighted by Crippen LogP contribution is 2.36. The van der Waals surface area contributed by atoms with Gasteiger partial charge in [0, 0.05) is 6.42 Å². The van der Waals surface area contributed by atoms with E-state index in [1.165, 1.54) is 18.4 Å². The van der Waals surface area contributed by atoms with Crippen molar-refractivity contribution in [2.45, 2.75) is 51.7 Å². The van der Waals surface area contributed by atoms with E-state index in [0.717, 1.165) is 5.46 Å². The summed E-state index contributed by atoms with van der Waals surface area (Å²) >= 11 is 1.34. The van der Waals surface area contributed by atoms with Crippen molar-refractivity contribution < 1.29 is 23.6 Å². The van der Waals surface area contributed by atoms with Gasteiger partial charge in [-0.05, 0) is 44.6 Å². The van der Waals surface area contributed by atoms with Crippen LogP contribution in [-0.2, 0) is 18.8 Å². The molecular formula is C15H21BO5S. The van der Waals surface area contributed by atoms with Crippen LogP contribution in [0.2, 0.25) is 0 Å². The third-order valence-corrected chi connectivity index (χ3v) is 5.19. The van der Waals surface area contributed by atoms with Crippen molar-refractivity contribution in [1.29, 1.82) is 0 Å². The largest absolute Gasteiger partial charge is 0.495 e. The van der Waals surface area contributed by atoms with Gasteiger partial charge >= 0.3 is 13.1 Å². The Kier molecular flexibility index (Phi) is 4.80. The Morgan fingerprint density at radius 2 is 1.77 bits per heavy atom. The average Bonchev–Trinajstić information content (AvgIpc) is 2.99. The molecule has 120 valence electrons. The third-order valence-electron chi connectivity index (χ3n) is 4.20. The molecule has 0 atom stereocenters. The van der Waals surface area contributed by atoms with E-state index in [9.17, 15) is 9.59 Å². The summed E-state index contributed by atoms with van der Waals surface area (Å²) in [6, 6.07) is 1.78. The maximum Gasteiger partial charge on any atom is 0.495 e. The first-order chi connectivity index (χ1) is 10.2. The zero-order valence-electron chi connectivity index (χ0n) is 13.6. The minimum atomic E-state index is -0.469. The number of ether oxygens (including phenoxy) is 1. The summed E-state index contributed by atoms with van der Waals surface area (Å²) in [6.07, 6.45) is 0.245. The molecule has 1 aromatic rings. The van der Waals surface area contributed by atoms with Crippen molar-refractivity contribution in [3.63, 3.8) is 0 Å². The van der Waals surface area contributed by atoms with Gasteiger partial charge in [0.2, 0.25) is 0 Å². The summed E-state index contributed by atoms with van der Waals surface area (Å²) in [6.45, 7) is 7.95. The predicted octanol–water partition coefficient (Wildman–Crippen LogP) is 2.18. The molecule has 2 rings (SSSR count). The first-order valence-corrected chi connectivity index (χ1v) is 8.08. The van der Waals surface area contributed by atoms with Gasteiger partial charge in [-0.15, -0.1) is 11.3 Å². The van der Waals surface area contributed by atoms with E-state index in [2.05, 4.69) is 4.74 Å². The molecule has 0 spiro atoms. The molecule has 0 radical (unpaired) electrons. The Bertz CT molecular complexity index is 562. The van der Waals surface area contributed by atoms with E-state index >= 15 is 0 Å². The van der Waals surface area contributed by atoms with Crippen molar-refractivity contribution in [3.8, 4) is 0 Å². The van der Waals surface area contributed by atoms with Crippen LogP contribution in [0.5, 0.6) is 0 Å². The second kappa shape index (κ2) is 6.14. The van der Waals surface area contributed by atoms with Crippen molar-refractivity contribution >= 4 is 35.7 Å². The topological polar surface area (TPSA) is 61.8 Å². The van der Waals surface area contributed by atoms with E-state index in [1.807, 2.05) is 33.1 Å². The number of ketones is 1. The van der Waals surface area contributed by atoms with Crippen molar-refractivity contribution in [3.05, 3.63) is 16.3 Å². The fourth-order valence-corrected chi connectivity index (χ4v) is 2.92. The number of methoxy groups -OCH3 is 1. The Morgan fingerprint density at radius 1 is 1.18 bits per heavy atom. The molecule has 0 N–H and O–H groups in total. The molecule has 7 heteroatoms. The minimum absolute atomic E-state index is 0.0711. The molecule has 0 aromatic carbocycles. The number of Topliss-reactive ketones (excluding diaryl/α,β-unsaturated/α-hetero) is 1. The molecule has 0 saturated carbocycles. The molecule has 0 bridgehead atoms. The van der Waals surface area contributed by atoms with Crippen molar-refractivity contribution in [1.82, 2.24) is 0 Å². The lowest BCUT2D eigenvalue weighted by molar-refractivity contribution is -0.140. The Hall–Kier alpha value is -1.18.